The van der Waals surface area contributed by atoms with Crippen molar-refractivity contribution in [1.29, 1.82) is 0 Å². The van der Waals surface area contributed by atoms with E-state index in [1.165, 1.54) is 0 Å². The zero-order valence-corrected chi connectivity index (χ0v) is 12.3. The number of amides is 2. The summed E-state index contributed by atoms with van der Waals surface area (Å²) in [7, 11) is 0. The van der Waals surface area contributed by atoms with E-state index in [4.69, 9.17) is 4.74 Å². The highest BCUT2D eigenvalue weighted by Gasteiger charge is 2.21. The van der Waals surface area contributed by atoms with Crippen molar-refractivity contribution in [3.05, 3.63) is 16.1 Å². The number of urea groups is 1. The van der Waals surface area contributed by atoms with Gasteiger partial charge in [-0.1, -0.05) is 0 Å². The molecule has 1 atom stereocenters. The lowest BCUT2D eigenvalue weighted by Gasteiger charge is -2.23. The Kier molecular flexibility index (Phi) is 5.15. The Morgan fingerprint density at radius 3 is 3.11 bits per heavy atom. The average molecular weight is 283 g/mol. The van der Waals surface area contributed by atoms with Crippen LogP contribution in [0.5, 0.6) is 0 Å². The van der Waals surface area contributed by atoms with Crippen molar-refractivity contribution < 1.29 is 9.53 Å². The van der Waals surface area contributed by atoms with Crippen molar-refractivity contribution in [3.63, 3.8) is 0 Å². The number of ether oxygens (including phenoxy) is 1. The Morgan fingerprint density at radius 2 is 2.53 bits per heavy atom. The van der Waals surface area contributed by atoms with Crippen LogP contribution in [0.1, 0.15) is 24.0 Å². The molecule has 2 heterocycles. The van der Waals surface area contributed by atoms with Crippen LogP contribution >= 0.6 is 11.3 Å². The monoisotopic (exact) mass is 283 g/mol. The fraction of sp³-hybridized carbons (Fsp3) is 0.692. The molecule has 0 radical (unpaired) electrons. The van der Waals surface area contributed by atoms with Crippen LogP contribution in [0.3, 0.4) is 0 Å². The van der Waals surface area contributed by atoms with Gasteiger partial charge < -0.3 is 15.0 Å². The van der Waals surface area contributed by atoms with Gasteiger partial charge >= 0.3 is 6.03 Å². The third kappa shape index (κ3) is 4.18. The lowest BCUT2D eigenvalue weighted by atomic mass is 10.1. The van der Waals surface area contributed by atoms with Crippen LogP contribution in [-0.2, 0) is 11.3 Å². The maximum atomic E-state index is 12.1. The predicted octanol–water partition coefficient (Wildman–Crippen LogP) is 2.02. The molecule has 1 saturated heterocycles. The number of hydrogen-bond acceptors (Lipinski definition) is 4. The summed E-state index contributed by atoms with van der Waals surface area (Å²) < 4.78 is 5.35. The van der Waals surface area contributed by atoms with E-state index in [0.717, 1.165) is 43.4 Å². The van der Waals surface area contributed by atoms with E-state index >= 15 is 0 Å². The van der Waals surface area contributed by atoms with Gasteiger partial charge in [0.25, 0.3) is 0 Å². The molecular formula is C13H21N3O2S. The van der Waals surface area contributed by atoms with Gasteiger partial charge in [0.1, 0.15) is 5.01 Å². The number of aromatic nitrogens is 1. The first-order valence-electron chi connectivity index (χ1n) is 6.70. The van der Waals surface area contributed by atoms with Crippen LogP contribution in [0.25, 0.3) is 0 Å². The Bertz CT molecular complexity index is 416. The summed E-state index contributed by atoms with van der Waals surface area (Å²) in [5.41, 5.74) is 1.00. The average Bonchev–Trinajstić information content (AvgIpc) is 3.04. The highest BCUT2D eigenvalue weighted by molar-refractivity contribution is 7.09. The molecule has 6 heteroatoms. The lowest BCUT2D eigenvalue weighted by Crippen LogP contribution is -2.42. The standard InChI is InChI=1S/C13H21N3O2S/c1-3-16(7-11-4-5-18-8-11)13(17)14-6-12-15-10(2)9-19-12/h9,11H,3-8H2,1-2H3,(H,14,17)/t11-/m1/s1. The fourth-order valence-corrected chi connectivity index (χ4v) is 2.85. The Hall–Kier alpha value is -1.14. The maximum Gasteiger partial charge on any atom is 0.317 e. The number of rotatable bonds is 5. The SMILES string of the molecule is CCN(C[C@H]1CCOC1)C(=O)NCc1nc(C)cs1. The first-order valence-corrected chi connectivity index (χ1v) is 7.58. The van der Waals surface area contributed by atoms with E-state index in [-0.39, 0.29) is 6.03 Å². The number of carbonyl (C=O) groups is 1. The maximum absolute atomic E-state index is 12.1. The minimum atomic E-state index is -0.0118. The Morgan fingerprint density at radius 1 is 1.68 bits per heavy atom. The molecule has 2 rings (SSSR count). The van der Waals surface area contributed by atoms with Gasteiger partial charge in [-0.05, 0) is 20.3 Å². The summed E-state index contributed by atoms with van der Waals surface area (Å²) in [6.45, 7) is 7.56. The molecule has 0 bridgehead atoms. The van der Waals surface area contributed by atoms with E-state index in [0.29, 0.717) is 12.5 Å². The second-order valence-electron chi connectivity index (χ2n) is 4.81. The first kappa shape index (κ1) is 14.3. The molecule has 0 unspecified atom stereocenters. The summed E-state index contributed by atoms with van der Waals surface area (Å²) in [5, 5.41) is 5.88. The smallest absolute Gasteiger partial charge is 0.317 e. The Labute approximate surface area is 118 Å². The third-order valence-electron chi connectivity index (χ3n) is 3.23. The number of hydrogen-bond donors (Lipinski definition) is 1. The van der Waals surface area contributed by atoms with E-state index in [1.807, 2.05) is 24.1 Å². The van der Waals surface area contributed by atoms with Gasteiger partial charge in [-0.3, -0.25) is 0 Å². The topological polar surface area (TPSA) is 54.5 Å². The lowest BCUT2D eigenvalue weighted by molar-refractivity contribution is 0.166. The third-order valence-corrected chi connectivity index (χ3v) is 4.20. The second kappa shape index (κ2) is 6.86. The highest BCUT2D eigenvalue weighted by atomic mass is 32.1. The van der Waals surface area contributed by atoms with Gasteiger partial charge in [0.2, 0.25) is 0 Å². The molecular weight excluding hydrogens is 262 g/mol. The van der Waals surface area contributed by atoms with Crippen molar-refractivity contribution in [2.45, 2.75) is 26.8 Å². The van der Waals surface area contributed by atoms with Crippen molar-refractivity contribution in [2.24, 2.45) is 5.92 Å². The van der Waals surface area contributed by atoms with E-state index in [9.17, 15) is 4.79 Å². The molecule has 1 aliphatic rings. The molecule has 5 nitrogen and oxygen atoms in total. The molecule has 1 aromatic rings. The summed E-state index contributed by atoms with van der Waals surface area (Å²) >= 11 is 1.58. The molecule has 0 saturated carbocycles. The molecule has 1 aliphatic heterocycles. The molecule has 0 aliphatic carbocycles. The van der Waals surface area contributed by atoms with Gasteiger partial charge in [0, 0.05) is 36.7 Å². The van der Waals surface area contributed by atoms with Crippen LogP contribution < -0.4 is 5.32 Å². The number of carbonyl (C=O) groups excluding carboxylic acids is 1. The predicted molar refractivity (Wildman–Crippen MR) is 75.3 cm³/mol. The summed E-state index contributed by atoms with van der Waals surface area (Å²) in [6, 6.07) is -0.0118. The summed E-state index contributed by atoms with van der Waals surface area (Å²) in [4.78, 5) is 18.3. The van der Waals surface area contributed by atoms with Gasteiger partial charge in [-0.15, -0.1) is 11.3 Å². The minimum Gasteiger partial charge on any atom is -0.381 e. The van der Waals surface area contributed by atoms with Gasteiger partial charge in [0.05, 0.1) is 13.2 Å². The van der Waals surface area contributed by atoms with Crippen molar-refractivity contribution in [3.8, 4) is 0 Å². The zero-order valence-electron chi connectivity index (χ0n) is 11.5. The minimum absolute atomic E-state index is 0.0118. The van der Waals surface area contributed by atoms with E-state index in [2.05, 4.69) is 10.3 Å². The van der Waals surface area contributed by atoms with Crippen molar-refractivity contribution >= 4 is 17.4 Å². The molecule has 0 aromatic carbocycles. The van der Waals surface area contributed by atoms with Crippen LogP contribution in [0.4, 0.5) is 4.79 Å². The molecule has 1 fully saturated rings. The van der Waals surface area contributed by atoms with Gasteiger partial charge in [-0.2, -0.15) is 0 Å². The molecule has 0 spiro atoms. The quantitative estimate of drug-likeness (QED) is 0.899. The molecule has 1 N–H and O–H groups in total. The first-order chi connectivity index (χ1) is 9.19. The second-order valence-corrected chi connectivity index (χ2v) is 5.75. The van der Waals surface area contributed by atoms with Crippen LogP contribution in [0.2, 0.25) is 0 Å². The van der Waals surface area contributed by atoms with Gasteiger partial charge in [0.15, 0.2) is 0 Å². The highest BCUT2D eigenvalue weighted by Crippen LogP contribution is 2.14. The molecule has 1 aromatic heterocycles. The molecule has 2 amide bonds. The van der Waals surface area contributed by atoms with Crippen LogP contribution in [0, 0.1) is 12.8 Å². The largest absolute Gasteiger partial charge is 0.381 e. The molecule has 106 valence electrons. The normalized spacial score (nSPS) is 18.5. The van der Waals surface area contributed by atoms with E-state index < -0.39 is 0 Å². The number of nitrogens with one attached hydrogen (secondary N) is 1. The van der Waals surface area contributed by atoms with E-state index in [1.54, 1.807) is 11.3 Å². The number of thiazole rings is 1. The van der Waals surface area contributed by atoms with Crippen LogP contribution in [-0.4, -0.2) is 42.2 Å². The number of nitrogens with zero attached hydrogens (tertiary/aromatic N) is 2. The van der Waals surface area contributed by atoms with Crippen molar-refractivity contribution in [2.75, 3.05) is 26.3 Å². The fourth-order valence-electron chi connectivity index (χ4n) is 2.14. The molecule has 19 heavy (non-hydrogen) atoms. The van der Waals surface area contributed by atoms with Crippen molar-refractivity contribution in [1.82, 2.24) is 15.2 Å². The zero-order chi connectivity index (χ0) is 13.7. The summed E-state index contributed by atoms with van der Waals surface area (Å²) in [6.07, 6.45) is 1.05. The van der Waals surface area contributed by atoms with Gasteiger partial charge in [-0.25, -0.2) is 9.78 Å². The van der Waals surface area contributed by atoms with Crippen LogP contribution in [0.15, 0.2) is 5.38 Å². The Balaban J connectivity index is 1.79. The number of aryl methyl sites for hydroxylation is 1. The summed E-state index contributed by atoms with van der Waals surface area (Å²) in [5.74, 6) is 0.479.